The van der Waals surface area contributed by atoms with E-state index >= 15 is 0 Å². The number of hydrogen-bond donors (Lipinski definition) is 1. The Bertz CT molecular complexity index is 464. The van der Waals surface area contributed by atoms with Crippen molar-refractivity contribution in [2.24, 2.45) is 0 Å². The van der Waals surface area contributed by atoms with Crippen molar-refractivity contribution in [3.05, 3.63) is 30.1 Å². The van der Waals surface area contributed by atoms with Crippen molar-refractivity contribution in [3.8, 4) is 0 Å². The molecule has 0 unspecified atom stereocenters. The molecule has 0 atom stereocenters. The number of benzene rings is 1. The zero-order valence-electron chi connectivity index (χ0n) is 8.97. The van der Waals surface area contributed by atoms with Crippen LogP contribution in [0.25, 0.3) is 0 Å². The van der Waals surface area contributed by atoms with Crippen molar-refractivity contribution >= 4 is 17.6 Å². The first-order valence-electron chi connectivity index (χ1n) is 5.13. The quantitative estimate of drug-likeness (QED) is 0.848. The first-order chi connectivity index (χ1) is 8.08. The monoisotopic (exact) mass is 238 g/mol. The second-order valence-electron chi connectivity index (χ2n) is 3.72. The number of carboxylic acids is 1. The number of carbonyl (C=O) groups is 2. The summed E-state index contributed by atoms with van der Waals surface area (Å²) in [5.74, 6) is -1.71. The summed E-state index contributed by atoms with van der Waals surface area (Å²) in [5.41, 5.74) is 0.355. The molecule has 2 rings (SSSR count). The minimum absolute atomic E-state index is 0.225. The summed E-state index contributed by atoms with van der Waals surface area (Å²) >= 11 is 0. The third-order valence-electron chi connectivity index (χ3n) is 2.47. The van der Waals surface area contributed by atoms with Gasteiger partial charge in [0.15, 0.2) is 0 Å². The molecule has 1 saturated heterocycles. The normalized spacial score (nSPS) is 16.5. The van der Waals surface area contributed by atoms with Crippen LogP contribution in [-0.4, -0.2) is 35.1 Å². The Morgan fingerprint density at radius 2 is 2.24 bits per heavy atom. The number of hydrogen-bond acceptors (Lipinski definition) is 3. The van der Waals surface area contributed by atoms with E-state index in [4.69, 9.17) is 5.11 Å². The van der Waals surface area contributed by atoms with Gasteiger partial charge in [0.25, 0.3) is 0 Å². The number of halogens is 1. The summed E-state index contributed by atoms with van der Waals surface area (Å²) in [4.78, 5) is 22.3. The Balaban J connectivity index is 2.27. The molecule has 17 heavy (non-hydrogen) atoms. The number of anilines is 1. The lowest BCUT2D eigenvalue weighted by Crippen LogP contribution is -2.42. The molecule has 1 aliphatic heterocycles. The van der Waals surface area contributed by atoms with Gasteiger partial charge in [0, 0.05) is 13.0 Å². The maximum Gasteiger partial charge on any atom is 0.319 e. The second-order valence-corrected chi connectivity index (χ2v) is 3.72. The molecule has 0 bridgehead atoms. The molecule has 5 nitrogen and oxygen atoms in total. The van der Waals surface area contributed by atoms with Gasteiger partial charge in [-0.05, 0) is 18.2 Å². The predicted molar refractivity (Wildman–Crippen MR) is 57.7 cm³/mol. The van der Waals surface area contributed by atoms with Gasteiger partial charge in [-0.3, -0.25) is 9.59 Å². The van der Waals surface area contributed by atoms with Gasteiger partial charge >= 0.3 is 5.97 Å². The first kappa shape index (κ1) is 11.5. The maximum atomic E-state index is 13.1. The molecule has 0 saturated carbocycles. The fourth-order valence-electron chi connectivity index (χ4n) is 1.81. The molecule has 1 aromatic rings. The van der Waals surface area contributed by atoms with E-state index in [1.807, 2.05) is 0 Å². The van der Waals surface area contributed by atoms with Crippen molar-refractivity contribution in [2.45, 2.75) is 6.42 Å². The smallest absolute Gasteiger partial charge is 0.319 e. The fourth-order valence-corrected chi connectivity index (χ4v) is 1.81. The van der Waals surface area contributed by atoms with Gasteiger partial charge in [0.05, 0.1) is 5.69 Å². The van der Waals surface area contributed by atoms with Gasteiger partial charge < -0.3 is 5.11 Å². The van der Waals surface area contributed by atoms with E-state index < -0.39 is 11.8 Å². The number of carbonyl (C=O) groups excluding carboxylic acids is 1. The molecule has 1 heterocycles. The summed E-state index contributed by atoms with van der Waals surface area (Å²) in [7, 11) is 0. The number of hydrazine groups is 1. The predicted octanol–water partition coefficient (Wildman–Crippen LogP) is 0.864. The third kappa shape index (κ3) is 2.42. The second kappa shape index (κ2) is 4.50. The molecule has 1 aromatic carbocycles. The summed E-state index contributed by atoms with van der Waals surface area (Å²) in [6.07, 6.45) is 0.240. The van der Waals surface area contributed by atoms with Gasteiger partial charge in [0.2, 0.25) is 5.91 Å². The molecule has 0 aromatic heterocycles. The highest BCUT2D eigenvalue weighted by Crippen LogP contribution is 2.23. The Morgan fingerprint density at radius 3 is 2.88 bits per heavy atom. The standard InChI is InChI=1S/C11H11FN2O3/c12-8-2-1-3-9(6-8)14-10(15)4-5-13(14)7-11(16)17/h1-3,6H,4-5,7H2,(H,16,17). The third-order valence-corrected chi connectivity index (χ3v) is 2.47. The van der Waals surface area contributed by atoms with Crippen LogP contribution in [0.2, 0.25) is 0 Å². The molecule has 1 N–H and O–H groups in total. The zero-order chi connectivity index (χ0) is 12.4. The average molecular weight is 238 g/mol. The van der Waals surface area contributed by atoms with Crippen LogP contribution in [0.15, 0.2) is 24.3 Å². The number of aliphatic carboxylic acids is 1. The largest absolute Gasteiger partial charge is 0.480 e. The van der Waals surface area contributed by atoms with Gasteiger partial charge in [-0.2, -0.15) is 0 Å². The molecule has 90 valence electrons. The molecular weight excluding hydrogens is 227 g/mol. The van der Waals surface area contributed by atoms with E-state index in [0.29, 0.717) is 12.2 Å². The highest BCUT2D eigenvalue weighted by atomic mass is 19.1. The topological polar surface area (TPSA) is 60.9 Å². The lowest BCUT2D eigenvalue weighted by molar-refractivity contribution is -0.138. The van der Waals surface area contributed by atoms with Gasteiger partial charge in [-0.1, -0.05) is 6.07 Å². The van der Waals surface area contributed by atoms with Crippen LogP contribution < -0.4 is 5.01 Å². The SMILES string of the molecule is O=C(O)CN1CCC(=O)N1c1cccc(F)c1. The molecule has 1 aliphatic rings. The summed E-state index contributed by atoms with van der Waals surface area (Å²) in [6.45, 7) is 0.0594. The lowest BCUT2D eigenvalue weighted by atomic mass is 10.3. The summed E-state index contributed by atoms with van der Waals surface area (Å²) < 4.78 is 13.1. The van der Waals surface area contributed by atoms with E-state index in [-0.39, 0.29) is 18.9 Å². The van der Waals surface area contributed by atoms with E-state index in [0.717, 1.165) is 0 Å². The number of nitrogens with zero attached hydrogens (tertiary/aromatic N) is 2. The van der Waals surface area contributed by atoms with E-state index in [1.54, 1.807) is 6.07 Å². The maximum absolute atomic E-state index is 13.1. The van der Waals surface area contributed by atoms with Crippen LogP contribution >= 0.6 is 0 Å². The summed E-state index contributed by atoms with van der Waals surface area (Å²) in [5, 5.41) is 11.3. The molecule has 1 fully saturated rings. The van der Waals surface area contributed by atoms with Crippen molar-refractivity contribution in [1.29, 1.82) is 0 Å². The Morgan fingerprint density at radius 1 is 1.47 bits per heavy atom. The summed E-state index contributed by atoms with van der Waals surface area (Å²) in [6, 6.07) is 5.53. The molecule has 0 aliphatic carbocycles. The number of rotatable bonds is 3. The Kier molecular flexibility index (Phi) is 3.06. The van der Waals surface area contributed by atoms with Crippen LogP contribution in [0.3, 0.4) is 0 Å². The van der Waals surface area contributed by atoms with Crippen molar-refractivity contribution in [1.82, 2.24) is 5.01 Å². The highest BCUT2D eigenvalue weighted by molar-refractivity contribution is 5.94. The van der Waals surface area contributed by atoms with E-state index in [1.165, 1.54) is 28.2 Å². The number of carboxylic acid groups (broad SMARTS) is 1. The van der Waals surface area contributed by atoms with Crippen molar-refractivity contribution in [3.63, 3.8) is 0 Å². The van der Waals surface area contributed by atoms with E-state index in [9.17, 15) is 14.0 Å². The lowest BCUT2D eigenvalue weighted by Gasteiger charge is -2.26. The van der Waals surface area contributed by atoms with Crippen molar-refractivity contribution in [2.75, 3.05) is 18.1 Å². The highest BCUT2D eigenvalue weighted by Gasteiger charge is 2.31. The van der Waals surface area contributed by atoms with Crippen LogP contribution in [0.4, 0.5) is 10.1 Å². The first-order valence-corrected chi connectivity index (χ1v) is 5.13. The minimum Gasteiger partial charge on any atom is -0.480 e. The fraction of sp³-hybridized carbons (Fsp3) is 0.273. The van der Waals surface area contributed by atoms with Crippen LogP contribution in [-0.2, 0) is 9.59 Å². The van der Waals surface area contributed by atoms with Gasteiger partial charge in [0.1, 0.15) is 12.4 Å². The van der Waals surface area contributed by atoms with Crippen LogP contribution in [0.5, 0.6) is 0 Å². The minimum atomic E-state index is -1.03. The molecule has 0 spiro atoms. The molecular formula is C11H11FN2O3. The molecule has 0 radical (unpaired) electrons. The molecule has 1 amide bonds. The van der Waals surface area contributed by atoms with Gasteiger partial charge in [-0.25, -0.2) is 14.4 Å². The number of amides is 1. The Labute approximate surface area is 97.0 Å². The Hall–Kier alpha value is -1.95. The average Bonchev–Trinajstić information content (AvgIpc) is 2.59. The zero-order valence-corrected chi connectivity index (χ0v) is 8.97. The van der Waals surface area contributed by atoms with E-state index in [2.05, 4.69) is 0 Å². The van der Waals surface area contributed by atoms with Crippen LogP contribution in [0, 0.1) is 5.82 Å². The van der Waals surface area contributed by atoms with Gasteiger partial charge in [-0.15, -0.1) is 0 Å². The van der Waals surface area contributed by atoms with Crippen molar-refractivity contribution < 1.29 is 19.1 Å². The molecule has 6 heteroatoms. The van der Waals surface area contributed by atoms with Crippen LogP contribution in [0.1, 0.15) is 6.42 Å².